The van der Waals surface area contributed by atoms with Crippen LogP contribution in [0, 0.1) is 0 Å². The molecule has 6 nitrogen and oxygen atoms in total. The van der Waals surface area contributed by atoms with E-state index in [1.807, 2.05) is 6.07 Å². The van der Waals surface area contributed by atoms with Crippen LogP contribution in [0.15, 0.2) is 24.3 Å². The van der Waals surface area contributed by atoms with Crippen molar-refractivity contribution >= 4 is 17.6 Å². The molecule has 0 unspecified atom stereocenters. The van der Waals surface area contributed by atoms with Crippen LogP contribution >= 0.6 is 0 Å². The fourth-order valence-electron chi connectivity index (χ4n) is 1.95. The van der Waals surface area contributed by atoms with Crippen molar-refractivity contribution in [3.63, 3.8) is 0 Å². The molecule has 21 heavy (non-hydrogen) atoms. The zero-order valence-electron chi connectivity index (χ0n) is 12.8. The number of nitrogens with zero attached hydrogens (tertiary/aromatic N) is 2. The molecule has 1 amide bonds. The Morgan fingerprint density at radius 1 is 1.24 bits per heavy atom. The van der Waals surface area contributed by atoms with Gasteiger partial charge in [0.15, 0.2) is 0 Å². The van der Waals surface area contributed by atoms with E-state index in [4.69, 9.17) is 10.5 Å². The van der Waals surface area contributed by atoms with E-state index in [2.05, 4.69) is 0 Å². The second kappa shape index (κ2) is 8.26. The van der Waals surface area contributed by atoms with E-state index >= 15 is 0 Å². The first-order valence-corrected chi connectivity index (χ1v) is 6.83. The standard InChI is InChI=1S/C15H23N3O3/c1-17(10-6-9-16)14(19)11-18(2)13-8-5-4-7-12(13)15(20)21-3/h4-5,7-8H,6,9-11,16H2,1-3H3. The normalized spacial score (nSPS) is 10.1. The largest absolute Gasteiger partial charge is 0.465 e. The van der Waals surface area contributed by atoms with E-state index in [1.54, 1.807) is 42.1 Å². The number of hydrogen-bond donors (Lipinski definition) is 1. The Morgan fingerprint density at radius 2 is 1.90 bits per heavy atom. The van der Waals surface area contributed by atoms with Crippen molar-refractivity contribution in [2.75, 3.05) is 45.7 Å². The quantitative estimate of drug-likeness (QED) is 0.750. The van der Waals surface area contributed by atoms with Crippen molar-refractivity contribution in [2.45, 2.75) is 6.42 Å². The van der Waals surface area contributed by atoms with Gasteiger partial charge in [-0.2, -0.15) is 0 Å². The van der Waals surface area contributed by atoms with Crippen molar-refractivity contribution in [3.05, 3.63) is 29.8 Å². The first-order chi connectivity index (χ1) is 10.0. The molecule has 0 aliphatic rings. The number of rotatable bonds is 7. The Bertz CT molecular complexity index is 491. The molecule has 0 radical (unpaired) electrons. The third kappa shape index (κ3) is 4.75. The molecular formula is C15H23N3O3. The molecule has 116 valence electrons. The number of methoxy groups -OCH3 is 1. The third-order valence-corrected chi connectivity index (χ3v) is 3.22. The fourth-order valence-corrected chi connectivity index (χ4v) is 1.95. The number of esters is 1. The number of likely N-dealkylation sites (N-methyl/N-ethyl adjacent to an activating group) is 2. The summed E-state index contributed by atoms with van der Waals surface area (Å²) < 4.78 is 4.76. The SMILES string of the molecule is COC(=O)c1ccccc1N(C)CC(=O)N(C)CCCN. The summed E-state index contributed by atoms with van der Waals surface area (Å²) >= 11 is 0. The van der Waals surface area contributed by atoms with Crippen LogP contribution in [-0.4, -0.2) is 57.6 Å². The fraction of sp³-hybridized carbons (Fsp3) is 0.467. The summed E-state index contributed by atoms with van der Waals surface area (Å²) in [5.74, 6) is -0.438. The van der Waals surface area contributed by atoms with Crippen LogP contribution in [0.3, 0.4) is 0 Å². The van der Waals surface area contributed by atoms with E-state index in [9.17, 15) is 9.59 Å². The number of hydrogen-bond acceptors (Lipinski definition) is 5. The molecule has 0 aliphatic carbocycles. The van der Waals surface area contributed by atoms with Gasteiger partial charge in [-0.1, -0.05) is 12.1 Å². The molecule has 0 bridgehead atoms. The van der Waals surface area contributed by atoms with Crippen LogP contribution < -0.4 is 10.6 Å². The number of para-hydroxylation sites is 1. The van der Waals surface area contributed by atoms with Crippen molar-refractivity contribution < 1.29 is 14.3 Å². The predicted molar refractivity (Wildman–Crippen MR) is 82.4 cm³/mol. The molecule has 1 aromatic rings. The molecule has 6 heteroatoms. The van der Waals surface area contributed by atoms with Crippen molar-refractivity contribution in [1.29, 1.82) is 0 Å². The van der Waals surface area contributed by atoms with Crippen LogP contribution in [-0.2, 0) is 9.53 Å². The summed E-state index contributed by atoms with van der Waals surface area (Å²) in [6.07, 6.45) is 0.769. The number of carbonyl (C=O) groups excluding carboxylic acids is 2. The van der Waals surface area contributed by atoms with Gasteiger partial charge in [-0.3, -0.25) is 4.79 Å². The van der Waals surface area contributed by atoms with Crippen LogP contribution in [0.4, 0.5) is 5.69 Å². The highest BCUT2D eigenvalue weighted by molar-refractivity contribution is 5.96. The number of ether oxygens (including phenoxy) is 1. The Labute approximate surface area is 125 Å². The number of amides is 1. The molecule has 1 rings (SSSR count). The van der Waals surface area contributed by atoms with Crippen molar-refractivity contribution in [1.82, 2.24) is 4.90 Å². The Balaban J connectivity index is 2.78. The number of benzene rings is 1. The molecule has 2 N–H and O–H groups in total. The lowest BCUT2D eigenvalue weighted by molar-refractivity contribution is -0.128. The molecular weight excluding hydrogens is 270 g/mol. The van der Waals surface area contributed by atoms with Gasteiger partial charge in [0, 0.05) is 20.6 Å². The average Bonchev–Trinajstić information content (AvgIpc) is 2.51. The maximum Gasteiger partial charge on any atom is 0.339 e. The maximum absolute atomic E-state index is 12.1. The monoisotopic (exact) mass is 293 g/mol. The number of anilines is 1. The molecule has 1 aromatic carbocycles. The summed E-state index contributed by atoms with van der Waals surface area (Å²) in [7, 11) is 4.86. The second-order valence-corrected chi connectivity index (χ2v) is 4.82. The maximum atomic E-state index is 12.1. The van der Waals surface area contributed by atoms with E-state index < -0.39 is 5.97 Å². The zero-order chi connectivity index (χ0) is 15.8. The van der Waals surface area contributed by atoms with E-state index in [1.165, 1.54) is 7.11 Å². The summed E-state index contributed by atoms with van der Waals surface area (Å²) in [5.41, 5.74) is 6.55. The van der Waals surface area contributed by atoms with E-state index in [-0.39, 0.29) is 12.5 Å². The summed E-state index contributed by atoms with van der Waals surface area (Å²) in [6, 6.07) is 7.05. The minimum absolute atomic E-state index is 0.0226. The van der Waals surface area contributed by atoms with Gasteiger partial charge in [-0.05, 0) is 25.1 Å². The summed E-state index contributed by atoms with van der Waals surface area (Å²) in [5, 5.41) is 0. The Hall–Kier alpha value is -2.08. The van der Waals surface area contributed by atoms with Gasteiger partial charge < -0.3 is 20.3 Å². The van der Waals surface area contributed by atoms with Crippen LogP contribution in [0.2, 0.25) is 0 Å². The van der Waals surface area contributed by atoms with E-state index in [0.29, 0.717) is 24.3 Å². The molecule has 0 heterocycles. The molecule has 0 spiro atoms. The minimum Gasteiger partial charge on any atom is -0.465 e. The first-order valence-electron chi connectivity index (χ1n) is 6.83. The van der Waals surface area contributed by atoms with Gasteiger partial charge in [-0.15, -0.1) is 0 Å². The van der Waals surface area contributed by atoms with Gasteiger partial charge in [0.1, 0.15) is 0 Å². The first kappa shape index (κ1) is 17.0. The average molecular weight is 293 g/mol. The van der Waals surface area contributed by atoms with Crippen molar-refractivity contribution in [3.8, 4) is 0 Å². The third-order valence-electron chi connectivity index (χ3n) is 3.22. The van der Waals surface area contributed by atoms with E-state index in [0.717, 1.165) is 6.42 Å². The Morgan fingerprint density at radius 3 is 2.52 bits per heavy atom. The highest BCUT2D eigenvalue weighted by Gasteiger charge is 2.17. The molecule has 0 aliphatic heterocycles. The number of carbonyl (C=O) groups is 2. The lowest BCUT2D eigenvalue weighted by atomic mass is 10.1. The molecule has 0 aromatic heterocycles. The van der Waals surface area contributed by atoms with Crippen LogP contribution in [0.1, 0.15) is 16.8 Å². The van der Waals surface area contributed by atoms with Gasteiger partial charge in [-0.25, -0.2) is 4.79 Å². The predicted octanol–water partition coefficient (Wildman–Crippen LogP) is 0.717. The highest BCUT2D eigenvalue weighted by atomic mass is 16.5. The topological polar surface area (TPSA) is 75.9 Å². The van der Waals surface area contributed by atoms with Crippen LogP contribution in [0.25, 0.3) is 0 Å². The molecule has 0 saturated carbocycles. The minimum atomic E-state index is -0.415. The highest BCUT2D eigenvalue weighted by Crippen LogP contribution is 2.19. The summed E-state index contributed by atoms with van der Waals surface area (Å²) in [4.78, 5) is 27.2. The number of nitrogens with two attached hydrogens (primary N) is 1. The lowest BCUT2D eigenvalue weighted by Gasteiger charge is -2.24. The molecule has 0 saturated heterocycles. The molecule has 0 fully saturated rings. The van der Waals surface area contributed by atoms with Crippen molar-refractivity contribution in [2.24, 2.45) is 5.73 Å². The molecule has 0 atom stereocenters. The lowest BCUT2D eigenvalue weighted by Crippen LogP contribution is -2.38. The van der Waals surface area contributed by atoms with Gasteiger partial charge in [0.2, 0.25) is 5.91 Å². The smallest absolute Gasteiger partial charge is 0.339 e. The van der Waals surface area contributed by atoms with Gasteiger partial charge >= 0.3 is 5.97 Å². The second-order valence-electron chi connectivity index (χ2n) is 4.82. The van der Waals surface area contributed by atoms with Gasteiger partial charge in [0.25, 0.3) is 0 Å². The zero-order valence-corrected chi connectivity index (χ0v) is 12.8. The van der Waals surface area contributed by atoms with Gasteiger partial charge in [0.05, 0.1) is 24.9 Å². The van der Waals surface area contributed by atoms with Crippen LogP contribution in [0.5, 0.6) is 0 Å². The summed E-state index contributed by atoms with van der Waals surface area (Å²) in [6.45, 7) is 1.37. The Kier molecular flexibility index (Phi) is 6.68.